The summed E-state index contributed by atoms with van der Waals surface area (Å²) in [5, 5.41) is 6.34. The summed E-state index contributed by atoms with van der Waals surface area (Å²) in [5.41, 5.74) is 1.96. The SMILES string of the molecule is CCN(CC(=O)Nc1ccc(Cl)c(C(=O)NC2CCCCC2)c1)c1ccccc1. The average molecular weight is 414 g/mol. The van der Waals surface area contributed by atoms with Gasteiger partial charge >= 0.3 is 0 Å². The van der Waals surface area contributed by atoms with E-state index in [1.165, 1.54) is 6.42 Å². The van der Waals surface area contributed by atoms with Crippen molar-refractivity contribution >= 4 is 34.8 Å². The number of likely N-dealkylation sites (N-methyl/N-ethyl adjacent to an activating group) is 1. The van der Waals surface area contributed by atoms with Crippen molar-refractivity contribution in [3.8, 4) is 0 Å². The Kier molecular flexibility index (Phi) is 7.53. The molecule has 5 nitrogen and oxygen atoms in total. The van der Waals surface area contributed by atoms with Gasteiger partial charge in [0.15, 0.2) is 0 Å². The lowest BCUT2D eigenvalue weighted by Gasteiger charge is -2.23. The van der Waals surface area contributed by atoms with E-state index in [1.54, 1.807) is 18.2 Å². The van der Waals surface area contributed by atoms with Crippen LogP contribution in [0.15, 0.2) is 48.5 Å². The first-order valence-corrected chi connectivity index (χ1v) is 10.6. The zero-order valence-electron chi connectivity index (χ0n) is 16.8. The van der Waals surface area contributed by atoms with Crippen molar-refractivity contribution in [1.29, 1.82) is 0 Å². The predicted molar refractivity (Wildman–Crippen MR) is 119 cm³/mol. The molecular weight excluding hydrogens is 386 g/mol. The molecule has 0 saturated heterocycles. The molecule has 1 aliphatic rings. The van der Waals surface area contributed by atoms with Gasteiger partial charge < -0.3 is 15.5 Å². The molecule has 0 heterocycles. The second kappa shape index (κ2) is 10.3. The van der Waals surface area contributed by atoms with E-state index in [9.17, 15) is 9.59 Å². The number of halogens is 1. The molecule has 0 spiro atoms. The minimum absolute atomic E-state index is 0.142. The number of nitrogens with one attached hydrogen (secondary N) is 2. The Labute approximate surface area is 177 Å². The van der Waals surface area contributed by atoms with Crippen molar-refractivity contribution in [3.63, 3.8) is 0 Å². The maximum absolute atomic E-state index is 12.7. The summed E-state index contributed by atoms with van der Waals surface area (Å²) in [6.45, 7) is 2.95. The third-order valence-electron chi connectivity index (χ3n) is 5.27. The number of rotatable bonds is 7. The van der Waals surface area contributed by atoms with Crippen LogP contribution in [-0.4, -0.2) is 30.9 Å². The number of para-hydroxylation sites is 1. The largest absolute Gasteiger partial charge is 0.362 e. The number of carbonyl (C=O) groups is 2. The van der Waals surface area contributed by atoms with Crippen LogP contribution in [0.25, 0.3) is 0 Å². The third kappa shape index (κ3) is 5.97. The molecule has 2 aromatic carbocycles. The lowest BCUT2D eigenvalue weighted by molar-refractivity contribution is -0.115. The summed E-state index contributed by atoms with van der Waals surface area (Å²) in [5.74, 6) is -0.325. The molecule has 2 N–H and O–H groups in total. The normalized spacial score (nSPS) is 14.3. The summed E-state index contributed by atoms with van der Waals surface area (Å²) in [6.07, 6.45) is 5.53. The van der Waals surface area contributed by atoms with Crippen molar-refractivity contribution in [2.24, 2.45) is 0 Å². The Morgan fingerprint density at radius 2 is 1.79 bits per heavy atom. The van der Waals surface area contributed by atoms with Crippen LogP contribution in [0.4, 0.5) is 11.4 Å². The second-order valence-corrected chi connectivity index (χ2v) is 7.81. The van der Waals surface area contributed by atoms with Crippen LogP contribution in [0.5, 0.6) is 0 Å². The van der Waals surface area contributed by atoms with Gasteiger partial charge in [0, 0.05) is 24.0 Å². The summed E-state index contributed by atoms with van der Waals surface area (Å²) in [6, 6.07) is 15.0. The highest BCUT2D eigenvalue weighted by Crippen LogP contribution is 2.23. The number of carbonyl (C=O) groups excluding carboxylic acids is 2. The van der Waals surface area contributed by atoms with Gasteiger partial charge in [-0.1, -0.05) is 49.1 Å². The summed E-state index contributed by atoms with van der Waals surface area (Å²) < 4.78 is 0. The minimum Gasteiger partial charge on any atom is -0.362 e. The standard InChI is InChI=1S/C23H28ClN3O2/c1-2-27(19-11-7-4-8-12-19)16-22(28)25-18-13-14-21(24)20(15-18)23(29)26-17-9-5-3-6-10-17/h4,7-8,11-15,17H,2-3,5-6,9-10,16H2,1H3,(H,25,28)(H,26,29). The number of benzene rings is 2. The molecular formula is C23H28ClN3O2. The van der Waals surface area contributed by atoms with E-state index in [0.29, 0.717) is 22.8 Å². The van der Waals surface area contributed by atoms with E-state index in [4.69, 9.17) is 11.6 Å². The van der Waals surface area contributed by atoms with Crippen LogP contribution >= 0.6 is 11.6 Å². The molecule has 1 saturated carbocycles. The average Bonchev–Trinajstić information content (AvgIpc) is 2.74. The van der Waals surface area contributed by atoms with Gasteiger partial charge in [0.2, 0.25) is 5.91 Å². The van der Waals surface area contributed by atoms with E-state index < -0.39 is 0 Å². The molecule has 29 heavy (non-hydrogen) atoms. The summed E-state index contributed by atoms with van der Waals surface area (Å²) in [7, 11) is 0. The molecule has 0 atom stereocenters. The van der Waals surface area contributed by atoms with Crippen molar-refractivity contribution in [2.45, 2.75) is 45.1 Å². The van der Waals surface area contributed by atoms with E-state index >= 15 is 0 Å². The van der Waals surface area contributed by atoms with E-state index in [1.807, 2.05) is 42.2 Å². The van der Waals surface area contributed by atoms with Gasteiger partial charge in [0.1, 0.15) is 0 Å². The number of amides is 2. The minimum atomic E-state index is -0.183. The first-order chi connectivity index (χ1) is 14.1. The molecule has 6 heteroatoms. The van der Waals surface area contributed by atoms with Crippen molar-refractivity contribution < 1.29 is 9.59 Å². The first-order valence-electron chi connectivity index (χ1n) is 10.3. The fourth-order valence-corrected chi connectivity index (χ4v) is 3.89. The van der Waals surface area contributed by atoms with Gasteiger partial charge in [0.25, 0.3) is 5.91 Å². The lowest BCUT2D eigenvalue weighted by atomic mass is 9.95. The van der Waals surface area contributed by atoms with E-state index in [-0.39, 0.29) is 24.4 Å². The van der Waals surface area contributed by atoms with Crippen LogP contribution in [0.3, 0.4) is 0 Å². The Hall–Kier alpha value is -2.53. The smallest absolute Gasteiger partial charge is 0.253 e. The fourth-order valence-electron chi connectivity index (χ4n) is 3.69. The predicted octanol–water partition coefficient (Wildman–Crippen LogP) is 4.87. The molecule has 3 rings (SSSR count). The zero-order valence-corrected chi connectivity index (χ0v) is 17.5. The Morgan fingerprint density at radius 1 is 1.07 bits per heavy atom. The van der Waals surface area contributed by atoms with Crippen LogP contribution in [0.2, 0.25) is 5.02 Å². The lowest BCUT2D eigenvalue weighted by Crippen LogP contribution is -2.36. The molecule has 0 aromatic heterocycles. The molecule has 0 radical (unpaired) electrons. The molecule has 154 valence electrons. The Bertz CT molecular complexity index is 835. The maximum Gasteiger partial charge on any atom is 0.253 e. The number of hydrogen-bond acceptors (Lipinski definition) is 3. The number of hydrogen-bond donors (Lipinski definition) is 2. The molecule has 1 fully saturated rings. The second-order valence-electron chi connectivity index (χ2n) is 7.40. The molecule has 2 amide bonds. The van der Waals surface area contributed by atoms with Crippen molar-refractivity contribution in [3.05, 3.63) is 59.1 Å². The van der Waals surface area contributed by atoms with Gasteiger partial charge in [0.05, 0.1) is 17.1 Å². The Balaban J connectivity index is 1.64. The van der Waals surface area contributed by atoms with Gasteiger partial charge in [-0.3, -0.25) is 9.59 Å². The molecule has 0 bridgehead atoms. The first kappa shape index (κ1) is 21.2. The highest BCUT2D eigenvalue weighted by Gasteiger charge is 2.19. The highest BCUT2D eigenvalue weighted by atomic mass is 35.5. The Morgan fingerprint density at radius 3 is 2.48 bits per heavy atom. The maximum atomic E-state index is 12.7. The third-order valence-corrected chi connectivity index (χ3v) is 5.60. The molecule has 1 aliphatic carbocycles. The van der Waals surface area contributed by atoms with Gasteiger partial charge in [-0.15, -0.1) is 0 Å². The van der Waals surface area contributed by atoms with Gasteiger partial charge in [-0.25, -0.2) is 0 Å². The molecule has 0 unspecified atom stereocenters. The highest BCUT2D eigenvalue weighted by molar-refractivity contribution is 6.34. The zero-order chi connectivity index (χ0) is 20.6. The van der Waals surface area contributed by atoms with Crippen LogP contribution < -0.4 is 15.5 Å². The summed E-state index contributed by atoms with van der Waals surface area (Å²) >= 11 is 6.25. The van der Waals surface area contributed by atoms with Gasteiger partial charge in [-0.05, 0) is 50.1 Å². The molecule has 2 aromatic rings. The fraction of sp³-hybridized carbons (Fsp3) is 0.391. The van der Waals surface area contributed by atoms with E-state index in [0.717, 1.165) is 31.4 Å². The monoisotopic (exact) mass is 413 g/mol. The topological polar surface area (TPSA) is 61.4 Å². The van der Waals surface area contributed by atoms with Crippen LogP contribution in [0, 0.1) is 0 Å². The number of nitrogens with zero attached hydrogens (tertiary/aromatic N) is 1. The number of anilines is 2. The quantitative estimate of drug-likeness (QED) is 0.680. The molecule has 0 aliphatic heterocycles. The van der Waals surface area contributed by atoms with Crippen LogP contribution in [0.1, 0.15) is 49.4 Å². The van der Waals surface area contributed by atoms with Crippen LogP contribution in [-0.2, 0) is 4.79 Å². The van der Waals surface area contributed by atoms with Gasteiger partial charge in [-0.2, -0.15) is 0 Å². The summed E-state index contributed by atoms with van der Waals surface area (Å²) in [4.78, 5) is 27.2. The van der Waals surface area contributed by atoms with Crippen molar-refractivity contribution in [1.82, 2.24) is 5.32 Å². The van der Waals surface area contributed by atoms with Crippen molar-refractivity contribution in [2.75, 3.05) is 23.3 Å². The van der Waals surface area contributed by atoms with E-state index in [2.05, 4.69) is 10.6 Å².